The van der Waals surface area contributed by atoms with E-state index in [4.69, 9.17) is 19.9 Å². The number of aliphatic hydroxyl groups is 1. The molecule has 0 radical (unpaired) electrons. The molecule has 2 aliphatic heterocycles. The molecule has 2 heterocycles. The van der Waals surface area contributed by atoms with Gasteiger partial charge in [0.25, 0.3) is 0 Å². The van der Waals surface area contributed by atoms with Crippen molar-refractivity contribution in [2.24, 2.45) is 0 Å². The molecule has 4 aromatic carbocycles. The van der Waals surface area contributed by atoms with Crippen LogP contribution in [0.1, 0.15) is 79.6 Å². The zero-order valence-corrected chi connectivity index (χ0v) is 30.5. The second-order valence-electron chi connectivity index (χ2n) is 14.0. The molecule has 0 spiro atoms. The van der Waals surface area contributed by atoms with Crippen LogP contribution in [0.15, 0.2) is 97.1 Å². The van der Waals surface area contributed by atoms with Crippen molar-refractivity contribution in [1.29, 1.82) is 0 Å². The second-order valence-corrected chi connectivity index (χ2v) is 14.0. The first kappa shape index (κ1) is 38.2. The number of unbranched alkanes of at least 4 members (excludes halogenated alkanes) is 1. The predicted molar refractivity (Wildman–Crippen MR) is 207 cm³/mol. The molecule has 2 fully saturated rings. The molecule has 2 aliphatic rings. The summed E-state index contributed by atoms with van der Waals surface area (Å²) in [5.74, 6) is -0.161. The highest BCUT2D eigenvalue weighted by molar-refractivity contribution is 5.93. The second kappa shape index (κ2) is 19.0. The van der Waals surface area contributed by atoms with Gasteiger partial charge in [-0.3, -0.25) is 14.5 Å². The Morgan fingerprint density at radius 2 is 1.62 bits per heavy atom. The van der Waals surface area contributed by atoms with Crippen molar-refractivity contribution in [3.05, 3.63) is 119 Å². The quantitative estimate of drug-likeness (QED) is 0.0726. The van der Waals surface area contributed by atoms with Crippen LogP contribution in [0.3, 0.4) is 0 Å². The van der Waals surface area contributed by atoms with Gasteiger partial charge in [0, 0.05) is 51.1 Å². The summed E-state index contributed by atoms with van der Waals surface area (Å²) < 4.78 is 18.9. The van der Waals surface area contributed by atoms with Crippen molar-refractivity contribution < 1.29 is 28.9 Å². The normalized spacial score (nSPS) is 20.3. The molecule has 2 saturated heterocycles. The van der Waals surface area contributed by atoms with Crippen molar-refractivity contribution in [1.82, 2.24) is 10.2 Å². The fourth-order valence-corrected chi connectivity index (χ4v) is 7.22. The Bertz CT molecular complexity index is 1800. The lowest BCUT2D eigenvalue weighted by atomic mass is 9.98. The van der Waals surface area contributed by atoms with Gasteiger partial charge < -0.3 is 35.7 Å². The first-order chi connectivity index (χ1) is 25.9. The fourth-order valence-electron chi connectivity index (χ4n) is 7.22. The summed E-state index contributed by atoms with van der Waals surface area (Å²) >= 11 is 0. The lowest BCUT2D eigenvalue weighted by Gasteiger charge is -2.39. The highest BCUT2D eigenvalue weighted by Crippen LogP contribution is 2.39. The van der Waals surface area contributed by atoms with Gasteiger partial charge in [-0.1, -0.05) is 72.8 Å². The number of amides is 2. The summed E-state index contributed by atoms with van der Waals surface area (Å²) in [6.07, 6.45) is 4.18. The van der Waals surface area contributed by atoms with Crippen molar-refractivity contribution in [3.63, 3.8) is 0 Å². The average Bonchev–Trinajstić information content (AvgIpc) is 3.62. The number of benzene rings is 4. The number of likely N-dealkylation sites (tertiary alicyclic amines) is 1. The monoisotopic (exact) mass is 720 g/mol. The zero-order chi connectivity index (χ0) is 37.0. The zero-order valence-electron chi connectivity index (χ0n) is 30.5. The molecular formula is C43H52N4O6. The molecule has 0 aliphatic carbocycles. The first-order valence-corrected chi connectivity index (χ1v) is 18.7. The van der Waals surface area contributed by atoms with Crippen molar-refractivity contribution in [3.8, 4) is 11.1 Å². The Labute approximate surface area is 312 Å². The van der Waals surface area contributed by atoms with E-state index in [1.807, 2.05) is 54.6 Å². The molecule has 280 valence electrons. The van der Waals surface area contributed by atoms with Gasteiger partial charge >= 0.3 is 0 Å². The molecule has 0 saturated carbocycles. The van der Waals surface area contributed by atoms with E-state index < -0.39 is 6.29 Å². The van der Waals surface area contributed by atoms with Gasteiger partial charge in [0.15, 0.2) is 6.29 Å². The van der Waals surface area contributed by atoms with Crippen LogP contribution in [0.2, 0.25) is 0 Å². The van der Waals surface area contributed by atoms with Crippen LogP contribution < -0.4 is 16.4 Å². The number of methoxy groups -OCH3 is 1. The van der Waals surface area contributed by atoms with Gasteiger partial charge in [-0.25, -0.2) is 0 Å². The minimum absolute atomic E-state index is 0.00433. The lowest BCUT2D eigenvalue weighted by molar-refractivity contribution is -0.253. The Hall–Kier alpha value is -4.58. The number of para-hydroxylation sites is 2. The third-order valence-corrected chi connectivity index (χ3v) is 10.1. The highest BCUT2D eigenvalue weighted by atomic mass is 16.7. The standard InChI is InChI=1S/C43H52N4O6/c1-51-29-36-13-8-22-47(36)27-37-25-40(32-20-18-30(28-48)19-21-32)53-43(52-37)35-12-7-11-34(24-35)33-10-6-9-31(23-33)26-45-41(49)16-4-5-17-42(50)46-39-15-3-2-14-38(39)44/h2-3,6-7,9-12,14-15,18-21,23-24,36-37,40,43,48H,4-5,8,13,16-17,22,25-29,44H2,1H3,(H,45,49)(H,46,50). The molecule has 0 bridgehead atoms. The number of anilines is 2. The summed E-state index contributed by atoms with van der Waals surface area (Å²) in [6.45, 7) is 2.98. The van der Waals surface area contributed by atoms with Crippen LogP contribution in [-0.4, -0.2) is 60.8 Å². The Morgan fingerprint density at radius 1 is 0.868 bits per heavy atom. The highest BCUT2D eigenvalue weighted by Gasteiger charge is 2.35. The molecule has 0 aromatic heterocycles. The van der Waals surface area contributed by atoms with E-state index >= 15 is 0 Å². The number of aliphatic hydroxyl groups excluding tert-OH is 1. The van der Waals surface area contributed by atoms with E-state index in [9.17, 15) is 14.7 Å². The van der Waals surface area contributed by atoms with Gasteiger partial charge in [-0.05, 0) is 84.3 Å². The number of rotatable bonds is 16. The van der Waals surface area contributed by atoms with Gasteiger partial charge in [0.05, 0.1) is 36.8 Å². The first-order valence-electron chi connectivity index (χ1n) is 18.7. The minimum atomic E-state index is -0.551. The van der Waals surface area contributed by atoms with Crippen molar-refractivity contribution in [2.45, 2.75) is 82.6 Å². The molecule has 6 rings (SSSR count). The van der Waals surface area contributed by atoms with Crippen LogP contribution in [0.4, 0.5) is 11.4 Å². The summed E-state index contributed by atoms with van der Waals surface area (Å²) in [4.78, 5) is 27.4. The minimum Gasteiger partial charge on any atom is -0.397 e. The Balaban J connectivity index is 1.06. The number of carbonyl (C=O) groups excluding carboxylic acids is 2. The van der Waals surface area contributed by atoms with Crippen LogP contribution in [0.5, 0.6) is 0 Å². The van der Waals surface area contributed by atoms with Crippen molar-refractivity contribution in [2.75, 3.05) is 37.9 Å². The predicted octanol–water partition coefficient (Wildman–Crippen LogP) is 6.90. The molecule has 5 N–H and O–H groups in total. The smallest absolute Gasteiger partial charge is 0.224 e. The van der Waals surface area contributed by atoms with Crippen LogP contribution in [0, 0.1) is 0 Å². The molecule has 10 nitrogen and oxygen atoms in total. The molecule has 4 unspecified atom stereocenters. The molecule has 10 heteroatoms. The Morgan fingerprint density at radius 3 is 2.40 bits per heavy atom. The summed E-state index contributed by atoms with van der Waals surface area (Å²) in [7, 11) is 1.76. The largest absolute Gasteiger partial charge is 0.397 e. The van der Waals surface area contributed by atoms with Crippen LogP contribution in [0.25, 0.3) is 11.1 Å². The number of hydrogen-bond donors (Lipinski definition) is 4. The van der Waals surface area contributed by atoms with Crippen LogP contribution in [-0.2, 0) is 37.0 Å². The topological polar surface area (TPSA) is 135 Å². The molecule has 53 heavy (non-hydrogen) atoms. The number of ether oxygens (including phenoxy) is 3. The fraction of sp³-hybridized carbons (Fsp3) is 0.395. The number of nitrogens with zero attached hydrogens (tertiary/aromatic N) is 1. The van der Waals surface area contributed by atoms with Crippen molar-refractivity contribution >= 4 is 23.2 Å². The Kier molecular flexibility index (Phi) is 13.6. The number of carbonyl (C=O) groups is 2. The van der Waals surface area contributed by atoms with Crippen LogP contribution >= 0.6 is 0 Å². The third-order valence-electron chi connectivity index (χ3n) is 10.1. The van der Waals surface area contributed by atoms with Gasteiger partial charge in [0.1, 0.15) is 0 Å². The maximum atomic E-state index is 12.6. The van der Waals surface area contributed by atoms with E-state index in [1.54, 1.807) is 19.2 Å². The maximum absolute atomic E-state index is 12.6. The number of nitrogen functional groups attached to an aromatic ring is 1. The van der Waals surface area contributed by atoms with E-state index in [-0.39, 0.29) is 30.6 Å². The molecular weight excluding hydrogens is 668 g/mol. The SMILES string of the molecule is COCC1CCCN1CC1CC(c2ccc(CO)cc2)OC(c2cccc(-c3cccc(CNC(=O)CCCCC(=O)Nc4ccccc4N)c3)c2)O1. The van der Waals surface area contributed by atoms with Gasteiger partial charge in [0.2, 0.25) is 11.8 Å². The lowest BCUT2D eigenvalue weighted by Crippen LogP contribution is -2.42. The number of nitrogens with two attached hydrogens (primary N) is 1. The molecule has 2 amide bonds. The maximum Gasteiger partial charge on any atom is 0.224 e. The van der Waals surface area contributed by atoms with E-state index in [0.29, 0.717) is 49.6 Å². The van der Waals surface area contributed by atoms with E-state index in [2.05, 4.69) is 45.9 Å². The summed E-state index contributed by atoms with van der Waals surface area (Å²) in [5, 5.41) is 15.4. The third kappa shape index (κ3) is 10.7. The average molecular weight is 721 g/mol. The number of nitrogens with one attached hydrogen (secondary N) is 2. The van der Waals surface area contributed by atoms with Gasteiger partial charge in [-0.2, -0.15) is 0 Å². The number of hydrogen-bond acceptors (Lipinski definition) is 8. The summed E-state index contributed by atoms with van der Waals surface area (Å²) in [5.41, 5.74) is 13.0. The van der Waals surface area contributed by atoms with Gasteiger partial charge in [-0.15, -0.1) is 0 Å². The van der Waals surface area contributed by atoms with E-state index in [1.165, 1.54) is 0 Å². The molecule has 4 atom stereocenters. The van der Waals surface area contributed by atoms with E-state index in [0.717, 1.165) is 72.3 Å². The molecule has 4 aromatic rings. The summed E-state index contributed by atoms with van der Waals surface area (Å²) in [6, 6.07) is 32.0.